The summed E-state index contributed by atoms with van der Waals surface area (Å²) in [7, 11) is 2.10. The number of carboxylic acids is 1. The van der Waals surface area contributed by atoms with Crippen molar-refractivity contribution < 1.29 is 14.7 Å². The van der Waals surface area contributed by atoms with E-state index in [1.54, 1.807) is 0 Å². The molecule has 0 unspecified atom stereocenters. The molecule has 0 aromatic rings. The number of carboxylic acid groups (broad SMARTS) is 1. The number of nitrogens with zero attached hydrogens (tertiary/aromatic N) is 1. The van der Waals surface area contributed by atoms with Gasteiger partial charge >= 0.3 is 12.0 Å². The highest BCUT2D eigenvalue weighted by Gasteiger charge is 2.26. The van der Waals surface area contributed by atoms with Crippen LogP contribution >= 0.6 is 0 Å². The summed E-state index contributed by atoms with van der Waals surface area (Å²) < 4.78 is 0. The van der Waals surface area contributed by atoms with E-state index in [4.69, 9.17) is 5.11 Å². The summed E-state index contributed by atoms with van der Waals surface area (Å²) in [5.41, 5.74) is 0. The van der Waals surface area contributed by atoms with Crippen LogP contribution in [0.5, 0.6) is 0 Å². The summed E-state index contributed by atoms with van der Waals surface area (Å²) in [6.45, 7) is 2.21. The molecule has 2 amide bonds. The Bertz CT molecular complexity index is 363. The summed E-state index contributed by atoms with van der Waals surface area (Å²) in [6.07, 6.45) is 5.80. The first-order chi connectivity index (χ1) is 10.1. The van der Waals surface area contributed by atoms with E-state index in [0.717, 1.165) is 38.3 Å². The van der Waals surface area contributed by atoms with Crippen LogP contribution in [-0.2, 0) is 4.79 Å². The Labute approximate surface area is 126 Å². The molecule has 0 aromatic heterocycles. The number of rotatable bonds is 7. The molecule has 0 aliphatic heterocycles. The van der Waals surface area contributed by atoms with Crippen molar-refractivity contribution in [1.82, 2.24) is 15.5 Å². The Hall–Kier alpha value is -1.30. The summed E-state index contributed by atoms with van der Waals surface area (Å²) in [6, 6.07) is 0.610. The zero-order valence-electron chi connectivity index (χ0n) is 12.8. The molecular formula is C15H27N3O3. The Kier molecular flexibility index (Phi) is 5.85. The van der Waals surface area contributed by atoms with Gasteiger partial charge in [-0.15, -0.1) is 0 Å². The van der Waals surface area contributed by atoms with Crippen molar-refractivity contribution in [3.63, 3.8) is 0 Å². The van der Waals surface area contributed by atoms with E-state index < -0.39 is 5.97 Å². The maximum atomic E-state index is 11.7. The van der Waals surface area contributed by atoms with Gasteiger partial charge in [0.15, 0.2) is 0 Å². The largest absolute Gasteiger partial charge is 0.481 e. The lowest BCUT2D eigenvalue weighted by Crippen LogP contribution is -2.42. The smallest absolute Gasteiger partial charge is 0.314 e. The first kappa shape index (κ1) is 16.1. The van der Waals surface area contributed by atoms with E-state index >= 15 is 0 Å². The van der Waals surface area contributed by atoms with Gasteiger partial charge in [-0.1, -0.05) is 0 Å². The summed E-state index contributed by atoms with van der Waals surface area (Å²) in [5, 5.41) is 14.7. The van der Waals surface area contributed by atoms with E-state index in [2.05, 4.69) is 22.6 Å². The third-order valence-corrected chi connectivity index (χ3v) is 4.67. The maximum absolute atomic E-state index is 11.7. The lowest BCUT2D eigenvalue weighted by molar-refractivity contribution is -0.143. The van der Waals surface area contributed by atoms with Gasteiger partial charge in [0.25, 0.3) is 0 Å². The molecule has 2 rings (SSSR count). The molecule has 0 spiro atoms. The minimum atomic E-state index is -0.682. The van der Waals surface area contributed by atoms with Gasteiger partial charge in [0, 0.05) is 25.7 Å². The van der Waals surface area contributed by atoms with Crippen molar-refractivity contribution in [2.45, 2.75) is 44.6 Å². The quantitative estimate of drug-likeness (QED) is 0.661. The molecule has 0 heterocycles. The van der Waals surface area contributed by atoms with Crippen molar-refractivity contribution in [2.24, 2.45) is 11.8 Å². The number of carbonyl (C=O) groups excluding carboxylic acids is 1. The van der Waals surface area contributed by atoms with Gasteiger partial charge in [-0.2, -0.15) is 0 Å². The number of likely N-dealkylation sites (N-methyl/N-ethyl adjacent to an activating group) is 1. The fraction of sp³-hybridized carbons (Fsp3) is 0.867. The third-order valence-electron chi connectivity index (χ3n) is 4.67. The highest BCUT2D eigenvalue weighted by atomic mass is 16.4. The highest BCUT2D eigenvalue weighted by molar-refractivity contribution is 5.73. The fourth-order valence-corrected chi connectivity index (χ4v) is 2.96. The monoisotopic (exact) mass is 297 g/mol. The predicted molar refractivity (Wildman–Crippen MR) is 80.1 cm³/mol. The molecule has 6 heteroatoms. The number of aliphatic carboxylic acids is 1. The van der Waals surface area contributed by atoms with Crippen LogP contribution in [0, 0.1) is 11.8 Å². The van der Waals surface area contributed by atoms with Crippen LogP contribution in [0.1, 0.15) is 38.5 Å². The molecule has 2 saturated carbocycles. The van der Waals surface area contributed by atoms with E-state index in [1.165, 1.54) is 12.8 Å². The van der Waals surface area contributed by atoms with Gasteiger partial charge < -0.3 is 20.6 Å². The lowest BCUT2D eigenvalue weighted by atomic mass is 9.82. The summed E-state index contributed by atoms with van der Waals surface area (Å²) >= 11 is 0. The highest BCUT2D eigenvalue weighted by Crippen LogP contribution is 2.28. The average molecular weight is 297 g/mol. The van der Waals surface area contributed by atoms with Crippen molar-refractivity contribution in [2.75, 3.05) is 26.7 Å². The van der Waals surface area contributed by atoms with Gasteiger partial charge in [0.05, 0.1) is 5.92 Å². The lowest BCUT2D eigenvalue weighted by Gasteiger charge is -2.26. The third kappa shape index (κ3) is 5.53. The number of nitrogens with one attached hydrogen (secondary N) is 2. The molecule has 120 valence electrons. The van der Waals surface area contributed by atoms with Crippen molar-refractivity contribution in [3.8, 4) is 0 Å². The molecular weight excluding hydrogens is 270 g/mol. The number of amides is 2. The second-order valence-corrected chi connectivity index (χ2v) is 6.40. The minimum absolute atomic E-state index is 0.112. The Morgan fingerprint density at radius 1 is 1.10 bits per heavy atom. The first-order valence-corrected chi connectivity index (χ1v) is 8.01. The normalized spacial score (nSPS) is 25.6. The molecule has 0 radical (unpaired) electrons. The maximum Gasteiger partial charge on any atom is 0.314 e. The SMILES string of the molecule is CN(CCNC(=O)NCC1CCC(C(=O)O)CC1)C1CC1. The van der Waals surface area contributed by atoms with Crippen LogP contribution < -0.4 is 10.6 Å². The average Bonchev–Trinajstić information content (AvgIpc) is 3.30. The Morgan fingerprint density at radius 2 is 1.76 bits per heavy atom. The minimum Gasteiger partial charge on any atom is -0.481 e. The van der Waals surface area contributed by atoms with Gasteiger partial charge in [-0.05, 0) is 51.5 Å². The van der Waals surface area contributed by atoms with Crippen molar-refractivity contribution in [3.05, 3.63) is 0 Å². The van der Waals surface area contributed by atoms with Gasteiger partial charge in [0.1, 0.15) is 0 Å². The standard InChI is InChI=1S/C15H27N3O3/c1-18(13-6-7-13)9-8-16-15(21)17-10-11-2-4-12(5-3-11)14(19)20/h11-13H,2-10H2,1H3,(H,19,20)(H2,16,17,21). The molecule has 0 aromatic carbocycles. The molecule has 3 N–H and O–H groups in total. The van der Waals surface area contributed by atoms with Crippen LogP contribution in [-0.4, -0.2) is 54.7 Å². The molecule has 6 nitrogen and oxygen atoms in total. The zero-order chi connectivity index (χ0) is 15.2. The van der Waals surface area contributed by atoms with Gasteiger partial charge in [-0.25, -0.2) is 4.79 Å². The van der Waals surface area contributed by atoms with Gasteiger partial charge in [-0.3, -0.25) is 4.79 Å². The number of hydrogen-bond donors (Lipinski definition) is 3. The molecule has 0 atom stereocenters. The molecule has 0 bridgehead atoms. The molecule has 2 aliphatic rings. The number of urea groups is 1. The first-order valence-electron chi connectivity index (χ1n) is 8.01. The Morgan fingerprint density at radius 3 is 2.33 bits per heavy atom. The van der Waals surface area contributed by atoms with E-state index in [9.17, 15) is 9.59 Å². The topological polar surface area (TPSA) is 81.7 Å². The second kappa shape index (κ2) is 7.64. The summed E-state index contributed by atoms with van der Waals surface area (Å²) in [5.74, 6) is -0.451. The van der Waals surface area contributed by atoms with E-state index in [0.29, 0.717) is 19.0 Å². The van der Waals surface area contributed by atoms with Crippen LogP contribution in [0.25, 0.3) is 0 Å². The number of carbonyl (C=O) groups is 2. The van der Waals surface area contributed by atoms with Crippen LogP contribution in [0.4, 0.5) is 4.79 Å². The predicted octanol–water partition coefficient (Wildman–Crippen LogP) is 1.27. The van der Waals surface area contributed by atoms with E-state index in [1.807, 2.05) is 0 Å². The van der Waals surface area contributed by atoms with Crippen molar-refractivity contribution in [1.29, 1.82) is 0 Å². The zero-order valence-corrected chi connectivity index (χ0v) is 12.8. The fourth-order valence-electron chi connectivity index (χ4n) is 2.96. The molecule has 21 heavy (non-hydrogen) atoms. The summed E-state index contributed by atoms with van der Waals surface area (Å²) in [4.78, 5) is 24.8. The van der Waals surface area contributed by atoms with Gasteiger partial charge in [0.2, 0.25) is 0 Å². The molecule has 2 fully saturated rings. The van der Waals surface area contributed by atoms with Crippen LogP contribution in [0.3, 0.4) is 0 Å². The van der Waals surface area contributed by atoms with Crippen molar-refractivity contribution >= 4 is 12.0 Å². The molecule has 0 saturated heterocycles. The molecule has 2 aliphatic carbocycles. The second-order valence-electron chi connectivity index (χ2n) is 6.40. The van der Waals surface area contributed by atoms with Crippen LogP contribution in [0.15, 0.2) is 0 Å². The Balaban J connectivity index is 1.51. The number of hydrogen-bond acceptors (Lipinski definition) is 3. The van der Waals surface area contributed by atoms with E-state index in [-0.39, 0.29) is 11.9 Å². The van der Waals surface area contributed by atoms with Crippen LogP contribution in [0.2, 0.25) is 0 Å².